The van der Waals surface area contributed by atoms with Gasteiger partial charge in [-0.05, 0) is 51.6 Å². The lowest BCUT2D eigenvalue weighted by atomic mass is 9.99. The first-order chi connectivity index (χ1) is 10.7. The summed E-state index contributed by atoms with van der Waals surface area (Å²) in [7, 11) is 1.89. The van der Waals surface area contributed by atoms with Crippen molar-refractivity contribution in [3.05, 3.63) is 0 Å². The first kappa shape index (κ1) is 17.5. The van der Waals surface area contributed by atoms with Crippen LogP contribution in [0, 0.1) is 5.92 Å². The maximum Gasteiger partial charge on any atom is 0.193 e. The molecule has 0 radical (unpaired) electrons. The number of piperidine rings is 2. The van der Waals surface area contributed by atoms with Crippen LogP contribution in [-0.4, -0.2) is 74.8 Å². The molecule has 0 saturated carbocycles. The van der Waals surface area contributed by atoms with Gasteiger partial charge in [-0.15, -0.1) is 0 Å². The van der Waals surface area contributed by atoms with Gasteiger partial charge in [-0.3, -0.25) is 4.99 Å². The van der Waals surface area contributed by atoms with E-state index in [9.17, 15) is 0 Å². The monoisotopic (exact) mass is 310 g/mol. The third kappa shape index (κ3) is 5.43. The van der Waals surface area contributed by atoms with Crippen LogP contribution < -0.4 is 5.32 Å². The SMILES string of the molecule is CCOC1CCN(C(=NC)NCCN2CCC(C)CC2)CC1. The van der Waals surface area contributed by atoms with Crippen molar-refractivity contribution in [3.8, 4) is 0 Å². The van der Waals surface area contributed by atoms with Crippen molar-refractivity contribution >= 4 is 5.96 Å². The molecule has 0 aliphatic carbocycles. The van der Waals surface area contributed by atoms with Gasteiger partial charge in [0, 0.05) is 39.8 Å². The minimum Gasteiger partial charge on any atom is -0.378 e. The van der Waals surface area contributed by atoms with Crippen LogP contribution in [0.4, 0.5) is 0 Å². The summed E-state index contributed by atoms with van der Waals surface area (Å²) in [6.45, 7) is 12.0. The van der Waals surface area contributed by atoms with Gasteiger partial charge in [0.25, 0.3) is 0 Å². The molecule has 2 fully saturated rings. The fourth-order valence-electron chi connectivity index (χ4n) is 3.41. The fraction of sp³-hybridized carbons (Fsp3) is 0.941. The van der Waals surface area contributed by atoms with Crippen molar-refractivity contribution in [3.63, 3.8) is 0 Å². The lowest BCUT2D eigenvalue weighted by Gasteiger charge is -2.35. The largest absolute Gasteiger partial charge is 0.378 e. The zero-order valence-corrected chi connectivity index (χ0v) is 14.7. The quantitative estimate of drug-likeness (QED) is 0.621. The van der Waals surface area contributed by atoms with E-state index in [-0.39, 0.29) is 0 Å². The summed E-state index contributed by atoms with van der Waals surface area (Å²) in [4.78, 5) is 9.39. The average molecular weight is 310 g/mol. The maximum absolute atomic E-state index is 5.72. The number of hydrogen-bond donors (Lipinski definition) is 1. The zero-order chi connectivity index (χ0) is 15.8. The Morgan fingerprint density at radius 2 is 1.82 bits per heavy atom. The molecule has 1 N–H and O–H groups in total. The number of rotatable bonds is 5. The molecule has 0 spiro atoms. The molecule has 0 atom stereocenters. The molecule has 0 aromatic carbocycles. The van der Waals surface area contributed by atoms with E-state index in [0.29, 0.717) is 6.10 Å². The Morgan fingerprint density at radius 1 is 1.14 bits per heavy atom. The van der Waals surface area contributed by atoms with Crippen LogP contribution in [0.25, 0.3) is 0 Å². The predicted octanol–water partition coefficient (Wildman–Crippen LogP) is 1.79. The number of aliphatic imine (C=N–C) groups is 1. The second-order valence-electron chi connectivity index (χ2n) is 6.64. The average Bonchev–Trinajstić information content (AvgIpc) is 2.55. The van der Waals surface area contributed by atoms with E-state index < -0.39 is 0 Å². The van der Waals surface area contributed by atoms with Crippen molar-refractivity contribution in [1.82, 2.24) is 15.1 Å². The Balaban J connectivity index is 1.65. The lowest BCUT2D eigenvalue weighted by molar-refractivity contribution is 0.0263. The van der Waals surface area contributed by atoms with E-state index in [4.69, 9.17) is 4.74 Å². The van der Waals surface area contributed by atoms with Gasteiger partial charge < -0.3 is 19.9 Å². The number of hydrogen-bond acceptors (Lipinski definition) is 3. The Morgan fingerprint density at radius 3 is 2.41 bits per heavy atom. The summed E-state index contributed by atoms with van der Waals surface area (Å²) in [5.41, 5.74) is 0. The third-order valence-corrected chi connectivity index (χ3v) is 4.94. The Hall–Kier alpha value is -0.810. The smallest absolute Gasteiger partial charge is 0.193 e. The van der Waals surface area contributed by atoms with Crippen LogP contribution >= 0.6 is 0 Å². The fourth-order valence-corrected chi connectivity index (χ4v) is 3.41. The number of ether oxygens (including phenoxy) is 1. The summed E-state index contributed by atoms with van der Waals surface area (Å²) >= 11 is 0. The Kier molecular flexibility index (Phi) is 7.46. The number of nitrogens with zero attached hydrogens (tertiary/aromatic N) is 3. The molecule has 2 aliphatic heterocycles. The molecule has 22 heavy (non-hydrogen) atoms. The van der Waals surface area contributed by atoms with Crippen LogP contribution in [0.1, 0.15) is 39.5 Å². The van der Waals surface area contributed by atoms with Gasteiger partial charge in [-0.25, -0.2) is 0 Å². The Labute approximate surface area is 136 Å². The molecule has 128 valence electrons. The van der Waals surface area contributed by atoms with Gasteiger partial charge in [0.15, 0.2) is 5.96 Å². The van der Waals surface area contributed by atoms with Crippen molar-refractivity contribution in [2.45, 2.75) is 45.6 Å². The summed E-state index contributed by atoms with van der Waals surface area (Å²) < 4.78 is 5.72. The highest BCUT2D eigenvalue weighted by molar-refractivity contribution is 5.79. The predicted molar refractivity (Wildman–Crippen MR) is 92.4 cm³/mol. The van der Waals surface area contributed by atoms with Crippen molar-refractivity contribution in [2.24, 2.45) is 10.9 Å². The van der Waals surface area contributed by atoms with Crippen molar-refractivity contribution < 1.29 is 4.74 Å². The van der Waals surface area contributed by atoms with E-state index in [1.54, 1.807) is 0 Å². The minimum atomic E-state index is 0.440. The van der Waals surface area contributed by atoms with Gasteiger partial charge in [0.2, 0.25) is 0 Å². The molecule has 2 heterocycles. The molecule has 2 rings (SSSR count). The van der Waals surface area contributed by atoms with E-state index in [2.05, 4.69) is 34.0 Å². The number of guanidine groups is 1. The second kappa shape index (κ2) is 9.36. The van der Waals surface area contributed by atoms with Gasteiger partial charge in [-0.1, -0.05) is 6.92 Å². The molecule has 0 aromatic rings. The van der Waals surface area contributed by atoms with Gasteiger partial charge in [0.05, 0.1) is 6.10 Å². The van der Waals surface area contributed by atoms with Crippen LogP contribution in [0.15, 0.2) is 4.99 Å². The lowest BCUT2D eigenvalue weighted by Crippen LogP contribution is -2.48. The minimum absolute atomic E-state index is 0.440. The maximum atomic E-state index is 5.72. The second-order valence-corrected chi connectivity index (χ2v) is 6.64. The normalized spacial score (nSPS) is 23.0. The highest BCUT2D eigenvalue weighted by Gasteiger charge is 2.21. The molecule has 0 amide bonds. The number of likely N-dealkylation sites (tertiary alicyclic amines) is 2. The summed E-state index contributed by atoms with van der Waals surface area (Å²) in [5.74, 6) is 1.96. The summed E-state index contributed by atoms with van der Waals surface area (Å²) in [6, 6.07) is 0. The first-order valence-electron chi connectivity index (χ1n) is 9.02. The van der Waals surface area contributed by atoms with Gasteiger partial charge in [0.1, 0.15) is 0 Å². The summed E-state index contributed by atoms with van der Waals surface area (Å²) in [5, 5.41) is 3.54. The molecular weight excluding hydrogens is 276 g/mol. The Bertz CT molecular complexity index is 332. The van der Waals surface area contributed by atoms with Crippen LogP contribution in [0.5, 0.6) is 0 Å². The van der Waals surface area contributed by atoms with E-state index >= 15 is 0 Å². The van der Waals surface area contributed by atoms with Crippen molar-refractivity contribution in [1.29, 1.82) is 0 Å². The highest BCUT2D eigenvalue weighted by atomic mass is 16.5. The van der Waals surface area contributed by atoms with Gasteiger partial charge in [-0.2, -0.15) is 0 Å². The van der Waals surface area contributed by atoms with E-state index in [1.165, 1.54) is 25.9 Å². The molecule has 0 unspecified atom stereocenters. The number of nitrogens with one attached hydrogen (secondary N) is 1. The topological polar surface area (TPSA) is 40.1 Å². The zero-order valence-electron chi connectivity index (χ0n) is 14.7. The standard InChI is InChI=1S/C17H34N4O/c1-4-22-16-7-12-21(13-8-16)17(18-3)19-9-14-20-10-5-15(2)6-11-20/h15-16H,4-14H2,1-3H3,(H,18,19). The van der Waals surface area contributed by atoms with Gasteiger partial charge >= 0.3 is 0 Å². The summed E-state index contributed by atoms with van der Waals surface area (Å²) in [6.07, 6.45) is 5.35. The molecule has 0 aromatic heterocycles. The molecular formula is C17H34N4O. The van der Waals surface area contributed by atoms with Crippen LogP contribution in [0.3, 0.4) is 0 Å². The molecule has 5 nitrogen and oxygen atoms in total. The molecule has 2 saturated heterocycles. The van der Waals surface area contributed by atoms with E-state index in [0.717, 1.165) is 57.5 Å². The molecule has 5 heteroatoms. The van der Waals surface area contributed by atoms with Crippen LogP contribution in [0.2, 0.25) is 0 Å². The molecule has 0 bridgehead atoms. The van der Waals surface area contributed by atoms with Crippen LogP contribution in [-0.2, 0) is 4.74 Å². The first-order valence-corrected chi connectivity index (χ1v) is 9.02. The third-order valence-electron chi connectivity index (χ3n) is 4.94. The van der Waals surface area contributed by atoms with Crippen molar-refractivity contribution in [2.75, 3.05) is 52.9 Å². The van der Waals surface area contributed by atoms with E-state index in [1.807, 2.05) is 7.05 Å². The molecule has 2 aliphatic rings. The highest BCUT2D eigenvalue weighted by Crippen LogP contribution is 2.15.